The number of ether oxygens (including phenoxy) is 2. The summed E-state index contributed by atoms with van der Waals surface area (Å²) >= 11 is 3.59. The molecular formula is C23H25BrO4. The minimum absolute atomic E-state index is 0.0108. The van der Waals surface area contributed by atoms with E-state index in [1.54, 1.807) is 0 Å². The van der Waals surface area contributed by atoms with Crippen molar-refractivity contribution in [1.82, 2.24) is 0 Å². The normalized spacial score (nSPS) is 28.0. The summed E-state index contributed by atoms with van der Waals surface area (Å²) in [7, 11) is 0. The third kappa shape index (κ3) is 3.58. The predicted molar refractivity (Wildman–Crippen MR) is 110 cm³/mol. The van der Waals surface area contributed by atoms with Gasteiger partial charge < -0.3 is 14.6 Å². The molecule has 0 bridgehead atoms. The van der Waals surface area contributed by atoms with Gasteiger partial charge in [0, 0.05) is 11.5 Å². The molecule has 2 aromatic carbocycles. The van der Waals surface area contributed by atoms with Crippen LogP contribution in [0.2, 0.25) is 0 Å². The predicted octanol–water partition coefficient (Wildman–Crippen LogP) is 5.40. The van der Waals surface area contributed by atoms with Crippen molar-refractivity contribution < 1.29 is 19.4 Å². The highest BCUT2D eigenvalue weighted by atomic mass is 79.9. The number of hydrogen-bond acceptors (Lipinski definition) is 3. The van der Waals surface area contributed by atoms with E-state index in [-0.39, 0.29) is 18.1 Å². The first-order valence-corrected chi connectivity index (χ1v) is 10.6. The van der Waals surface area contributed by atoms with Crippen LogP contribution in [0.25, 0.3) is 0 Å². The second kappa shape index (κ2) is 7.53. The quantitative estimate of drug-likeness (QED) is 0.685. The Morgan fingerprint density at radius 3 is 2.64 bits per heavy atom. The van der Waals surface area contributed by atoms with Crippen molar-refractivity contribution in [3.8, 4) is 5.75 Å². The Morgan fingerprint density at radius 2 is 1.93 bits per heavy atom. The van der Waals surface area contributed by atoms with E-state index >= 15 is 0 Å². The fourth-order valence-electron chi connectivity index (χ4n) is 4.54. The minimum atomic E-state index is -0.785. The van der Waals surface area contributed by atoms with E-state index in [2.05, 4.69) is 28.1 Å². The average Bonchev–Trinajstić information content (AvgIpc) is 2.67. The molecule has 4 rings (SSSR count). The van der Waals surface area contributed by atoms with Crippen LogP contribution in [0.3, 0.4) is 0 Å². The Bertz CT molecular complexity index is 864. The number of benzene rings is 2. The molecule has 0 spiro atoms. The molecule has 1 saturated heterocycles. The summed E-state index contributed by atoms with van der Waals surface area (Å²) in [5.41, 5.74) is 1.71. The van der Waals surface area contributed by atoms with E-state index < -0.39 is 17.5 Å². The molecule has 0 amide bonds. The molecule has 2 aliphatic rings. The minimum Gasteiger partial charge on any atom is -0.486 e. The first-order valence-electron chi connectivity index (χ1n) is 9.76. The Kier molecular flexibility index (Phi) is 5.23. The van der Waals surface area contributed by atoms with Gasteiger partial charge in [-0.05, 0) is 60.7 Å². The van der Waals surface area contributed by atoms with E-state index in [1.165, 1.54) is 5.56 Å². The van der Waals surface area contributed by atoms with Gasteiger partial charge in [-0.2, -0.15) is 0 Å². The average molecular weight is 445 g/mol. The van der Waals surface area contributed by atoms with Crippen molar-refractivity contribution in [3.05, 3.63) is 64.1 Å². The Balaban J connectivity index is 1.64. The Labute approximate surface area is 174 Å². The van der Waals surface area contributed by atoms with Gasteiger partial charge in [-0.3, -0.25) is 4.79 Å². The van der Waals surface area contributed by atoms with Gasteiger partial charge in [0.25, 0.3) is 0 Å². The van der Waals surface area contributed by atoms with Crippen LogP contribution in [-0.4, -0.2) is 22.8 Å². The number of rotatable bonds is 4. The molecular weight excluding hydrogens is 420 g/mol. The van der Waals surface area contributed by atoms with Crippen molar-refractivity contribution in [2.45, 2.75) is 50.9 Å². The van der Waals surface area contributed by atoms with Gasteiger partial charge in [0.05, 0.1) is 22.6 Å². The second-order valence-electron chi connectivity index (χ2n) is 8.27. The summed E-state index contributed by atoms with van der Waals surface area (Å²) in [4.78, 5) is 12.0. The number of aryl methyl sites for hydroxylation is 1. The molecule has 2 heterocycles. The number of para-hydroxylation sites is 1. The van der Waals surface area contributed by atoms with Crippen molar-refractivity contribution in [2.24, 2.45) is 11.8 Å². The van der Waals surface area contributed by atoms with Gasteiger partial charge in [0.1, 0.15) is 11.4 Å². The van der Waals surface area contributed by atoms with Crippen molar-refractivity contribution in [1.29, 1.82) is 0 Å². The third-order valence-corrected chi connectivity index (χ3v) is 6.71. The summed E-state index contributed by atoms with van der Waals surface area (Å²) in [5, 5.41) is 9.88. The molecule has 1 N–H and O–H groups in total. The molecule has 0 saturated carbocycles. The molecule has 0 aliphatic carbocycles. The maximum absolute atomic E-state index is 12.0. The molecule has 2 aliphatic heterocycles. The molecule has 0 unspecified atom stereocenters. The fraction of sp³-hybridized carbons (Fsp3) is 0.435. The number of hydrogen-bond donors (Lipinski definition) is 1. The molecule has 5 heteroatoms. The van der Waals surface area contributed by atoms with Gasteiger partial charge in [-0.15, -0.1) is 0 Å². The molecule has 4 atom stereocenters. The van der Waals surface area contributed by atoms with Crippen LogP contribution < -0.4 is 4.74 Å². The van der Waals surface area contributed by atoms with Gasteiger partial charge >= 0.3 is 5.97 Å². The SMILES string of the molecule is CC1(C)Oc2c(Br)cccc2[C@H]2O[C@@H](CCc3ccccc3)[C@@H](C(=O)O)C[C@@H]21. The van der Waals surface area contributed by atoms with E-state index in [1.807, 2.05) is 50.2 Å². The number of carbonyl (C=O) groups is 1. The summed E-state index contributed by atoms with van der Waals surface area (Å²) in [5.74, 6) is -0.512. The van der Waals surface area contributed by atoms with Crippen LogP contribution in [-0.2, 0) is 16.0 Å². The van der Waals surface area contributed by atoms with Gasteiger partial charge in [0.2, 0.25) is 0 Å². The lowest BCUT2D eigenvalue weighted by Gasteiger charge is -2.50. The monoisotopic (exact) mass is 444 g/mol. The van der Waals surface area contributed by atoms with Crippen LogP contribution in [0.4, 0.5) is 0 Å². The number of fused-ring (bicyclic) bond motifs is 3. The maximum Gasteiger partial charge on any atom is 0.309 e. The van der Waals surface area contributed by atoms with Gasteiger partial charge in [0.15, 0.2) is 0 Å². The molecule has 148 valence electrons. The van der Waals surface area contributed by atoms with E-state index in [0.717, 1.165) is 22.2 Å². The highest BCUT2D eigenvalue weighted by Crippen LogP contribution is 2.53. The third-order valence-electron chi connectivity index (χ3n) is 6.08. The van der Waals surface area contributed by atoms with Crippen molar-refractivity contribution >= 4 is 21.9 Å². The lowest BCUT2D eigenvalue weighted by atomic mass is 9.71. The number of halogens is 1. The van der Waals surface area contributed by atoms with E-state index in [9.17, 15) is 9.90 Å². The second-order valence-corrected chi connectivity index (χ2v) is 9.12. The number of carboxylic acid groups (broad SMARTS) is 1. The summed E-state index contributed by atoms with van der Waals surface area (Å²) in [6.45, 7) is 4.05. The first-order chi connectivity index (χ1) is 13.4. The fourth-order valence-corrected chi connectivity index (χ4v) is 5.01. The van der Waals surface area contributed by atoms with Gasteiger partial charge in [-0.25, -0.2) is 0 Å². The van der Waals surface area contributed by atoms with Crippen molar-refractivity contribution in [2.75, 3.05) is 0 Å². The maximum atomic E-state index is 12.0. The largest absolute Gasteiger partial charge is 0.486 e. The summed E-state index contributed by atoms with van der Waals surface area (Å²) < 4.78 is 13.7. The van der Waals surface area contributed by atoms with Crippen LogP contribution in [0.5, 0.6) is 5.75 Å². The van der Waals surface area contributed by atoms with Gasteiger partial charge in [-0.1, -0.05) is 42.5 Å². The summed E-state index contributed by atoms with van der Waals surface area (Å²) in [6.07, 6.45) is 1.57. The molecule has 0 radical (unpaired) electrons. The van der Waals surface area contributed by atoms with Crippen LogP contribution in [0, 0.1) is 11.8 Å². The highest BCUT2D eigenvalue weighted by Gasteiger charge is 2.52. The van der Waals surface area contributed by atoms with Crippen LogP contribution in [0.1, 0.15) is 43.9 Å². The molecule has 4 nitrogen and oxygen atoms in total. The first kappa shape index (κ1) is 19.5. The molecule has 28 heavy (non-hydrogen) atoms. The molecule has 2 aromatic rings. The number of aliphatic carboxylic acids is 1. The van der Waals surface area contributed by atoms with Crippen LogP contribution >= 0.6 is 15.9 Å². The van der Waals surface area contributed by atoms with E-state index in [4.69, 9.17) is 9.47 Å². The zero-order valence-corrected chi connectivity index (χ0v) is 17.7. The van der Waals surface area contributed by atoms with E-state index in [0.29, 0.717) is 12.8 Å². The lowest BCUT2D eigenvalue weighted by molar-refractivity contribution is -0.188. The van der Waals surface area contributed by atoms with Crippen molar-refractivity contribution in [3.63, 3.8) is 0 Å². The zero-order valence-electron chi connectivity index (χ0n) is 16.1. The lowest BCUT2D eigenvalue weighted by Crippen LogP contribution is -2.52. The summed E-state index contributed by atoms with van der Waals surface area (Å²) in [6, 6.07) is 16.1. The number of carboxylic acids is 1. The Morgan fingerprint density at radius 1 is 1.18 bits per heavy atom. The zero-order chi connectivity index (χ0) is 19.9. The Hall–Kier alpha value is -1.85. The van der Waals surface area contributed by atoms with Crippen LogP contribution in [0.15, 0.2) is 53.0 Å². The topological polar surface area (TPSA) is 55.8 Å². The standard InChI is InChI=1S/C23H25BrO4/c1-23(2)17-13-16(22(25)26)19(12-11-14-7-4-3-5-8-14)27-20(17)15-9-6-10-18(24)21(15)28-23/h3-10,16-17,19-20H,11-13H2,1-2H3,(H,25,26)/t16-,17-,19-,20+/m0/s1. The molecule has 0 aromatic heterocycles. The smallest absolute Gasteiger partial charge is 0.309 e. The molecule has 1 fully saturated rings. The highest BCUT2D eigenvalue weighted by molar-refractivity contribution is 9.10.